The van der Waals surface area contributed by atoms with Crippen LogP contribution in [-0.2, 0) is 14.2 Å². The molecule has 0 bridgehead atoms. The van der Waals surface area contributed by atoms with Gasteiger partial charge < -0.3 is 19.1 Å². The standard InChI is InChI=1S/C23H31F2NO4/c1-16(17-4-6-18(7-5-17)19(24)25)26-13-12-22(30-20(26)27)8-10-23(11-9-22)28-14-21(2,3)15-29-23/h4-7,16,19H,8-15H2,1-3H3/t16-/m0/s1. The van der Waals surface area contributed by atoms with Gasteiger partial charge in [-0.25, -0.2) is 13.6 Å². The normalized spacial score (nSPS) is 26.1. The zero-order valence-electron chi connectivity index (χ0n) is 18.0. The molecule has 2 saturated heterocycles. The maximum Gasteiger partial charge on any atom is 0.410 e. The van der Waals surface area contributed by atoms with Crippen molar-refractivity contribution in [3.8, 4) is 0 Å². The molecule has 1 aliphatic carbocycles. The fourth-order valence-corrected chi connectivity index (χ4v) is 4.63. The van der Waals surface area contributed by atoms with Crippen LogP contribution >= 0.6 is 0 Å². The number of hydrogen-bond donors (Lipinski definition) is 0. The zero-order valence-corrected chi connectivity index (χ0v) is 18.0. The first-order valence-electron chi connectivity index (χ1n) is 10.8. The fourth-order valence-electron chi connectivity index (χ4n) is 4.63. The van der Waals surface area contributed by atoms with Gasteiger partial charge in [-0.3, -0.25) is 0 Å². The smallest absolute Gasteiger partial charge is 0.410 e. The van der Waals surface area contributed by atoms with Gasteiger partial charge in [0.25, 0.3) is 6.43 Å². The van der Waals surface area contributed by atoms with Crippen LogP contribution in [-0.4, -0.2) is 42.1 Å². The third-order valence-corrected chi connectivity index (χ3v) is 6.86. The Labute approximate surface area is 176 Å². The summed E-state index contributed by atoms with van der Waals surface area (Å²) in [5.74, 6) is -0.538. The number of rotatable bonds is 3. The van der Waals surface area contributed by atoms with Crippen LogP contribution in [0.25, 0.3) is 0 Å². The van der Waals surface area contributed by atoms with Gasteiger partial charge in [-0.1, -0.05) is 38.1 Å². The Hall–Kier alpha value is -1.73. The quantitative estimate of drug-likeness (QED) is 0.634. The fraction of sp³-hybridized carbons (Fsp3) is 0.696. The molecule has 2 heterocycles. The summed E-state index contributed by atoms with van der Waals surface area (Å²) in [6, 6.07) is 5.92. The maximum atomic E-state index is 12.8. The summed E-state index contributed by atoms with van der Waals surface area (Å²) in [6.45, 7) is 8.09. The first kappa shape index (κ1) is 21.5. The zero-order chi connectivity index (χ0) is 21.6. The van der Waals surface area contributed by atoms with Crippen molar-refractivity contribution >= 4 is 6.09 Å². The lowest BCUT2D eigenvalue weighted by molar-refractivity contribution is -0.320. The molecule has 30 heavy (non-hydrogen) atoms. The van der Waals surface area contributed by atoms with E-state index in [1.807, 2.05) is 6.92 Å². The average molecular weight is 424 g/mol. The van der Waals surface area contributed by atoms with E-state index in [1.165, 1.54) is 12.1 Å². The van der Waals surface area contributed by atoms with Crippen LogP contribution in [0.5, 0.6) is 0 Å². The minimum atomic E-state index is -2.49. The molecule has 0 aromatic heterocycles. The van der Waals surface area contributed by atoms with Crippen molar-refractivity contribution in [2.75, 3.05) is 19.8 Å². The number of carbonyl (C=O) groups is 1. The van der Waals surface area contributed by atoms with Crippen molar-refractivity contribution in [2.24, 2.45) is 5.41 Å². The first-order chi connectivity index (χ1) is 14.1. The van der Waals surface area contributed by atoms with Gasteiger partial charge in [0, 0.05) is 36.8 Å². The minimum absolute atomic E-state index is 0.0159. The van der Waals surface area contributed by atoms with Gasteiger partial charge in [-0.15, -0.1) is 0 Å². The third kappa shape index (κ3) is 4.19. The highest BCUT2D eigenvalue weighted by molar-refractivity contribution is 5.70. The molecule has 2 spiro atoms. The van der Waals surface area contributed by atoms with E-state index in [0.717, 1.165) is 37.7 Å². The lowest BCUT2D eigenvalue weighted by atomic mass is 9.77. The monoisotopic (exact) mass is 423 g/mol. The van der Waals surface area contributed by atoms with Crippen LogP contribution in [0.2, 0.25) is 0 Å². The van der Waals surface area contributed by atoms with E-state index in [4.69, 9.17) is 14.2 Å². The highest BCUT2D eigenvalue weighted by Gasteiger charge is 2.51. The number of ether oxygens (including phenoxy) is 3. The molecule has 1 aromatic rings. The van der Waals surface area contributed by atoms with Gasteiger partial charge in [0.1, 0.15) is 5.60 Å². The number of hydrogen-bond acceptors (Lipinski definition) is 4. The summed E-state index contributed by atoms with van der Waals surface area (Å²) in [5.41, 5.74) is 0.374. The molecule has 3 aliphatic rings. The van der Waals surface area contributed by atoms with E-state index in [2.05, 4.69) is 13.8 Å². The van der Waals surface area contributed by atoms with Crippen molar-refractivity contribution in [3.63, 3.8) is 0 Å². The predicted molar refractivity (Wildman–Crippen MR) is 107 cm³/mol. The Kier molecular flexibility index (Phi) is 5.56. The van der Waals surface area contributed by atoms with Crippen molar-refractivity contribution in [3.05, 3.63) is 35.4 Å². The third-order valence-electron chi connectivity index (χ3n) is 6.86. The highest BCUT2D eigenvalue weighted by atomic mass is 19.3. The van der Waals surface area contributed by atoms with Crippen molar-refractivity contribution in [1.82, 2.24) is 4.90 Å². The van der Waals surface area contributed by atoms with Crippen LogP contribution in [0.1, 0.15) is 76.5 Å². The minimum Gasteiger partial charge on any atom is -0.443 e. The molecule has 0 unspecified atom stereocenters. The van der Waals surface area contributed by atoms with Gasteiger partial charge in [0.15, 0.2) is 5.79 Å². The Morgan fingerprint density at radius 1 is 0.933 bits per heavy atom. The molecule has 4 rings (SSSR count). The van der Waals surface area contributed by atoms with E-state index in [9.17, 15) is 13.6 Å². The predicted octanol–water partition coefficient (Wildman–Crippen LogP) is 5.61. The van der Waals surface area contributed by atoms with Gasteiger partial charge in [0.05, 0.1) is 19.3 Å². The topological polar surface area (TPSA) is 48.0 Å². The molecule has 2 aliphatic heterocycles. The van der Waals surface area contributed by atoms with E-state index >= 15 is 0 Å². The molecule has 1 amide bonds. The lowest BCUT2D eigenvalue weighted by Gasteiger charge is -2.51. The summed E-state index contributed by atoms with van der Waals surface area (Å²) in [5, 5.41) is 0. The molecule has 0 N–H and O–H groups in total. The summed E-state index contributed by atoms with van der Waals surface area (Å²) >= 11 is 0. The Morgan fingerprint density at radius 3 is 2.03 bits per heavy atom. The van der Waals surface area contributed by atoms with E-state index in [1.54, 1.807) is 17.0 Å². The highest BCUT2D eigenvalue weighted by Crippen LogP contribution is 2.47. The van der Waals surface area contributed by atoms with Crippen LogP contribution in [0, 0.1) is 5.41 Å². The molecule has 5 nitrogen and oxygen atoms in total. The second kappa shape index (κ2) is 7.75. The second-order valence-electron chi connectivity index (χ2n) is 9.79. The number of amides is 1. The number of alkyl halides is 2. The SMILES string of the molecule is C[C@@H](c1ccc(C(F)F)cc1)N1CCC2(CCC3(CC2)OCC(C)(C)CO3)OC1=O. The van der Waals surface area contributed by atoms with Crippen LogP contribution in [0.15, 0.2) is 24.3 Å². The van der Waals surface area contributed by atoms with Crippen molar-refractivity contribution in [1.29, 1.82) is 0 Å². The molecular weight excluding hydrogens is 392 g/mol. The maximum absolute atomic E-state index is 12.8. The van der Waals surface area contributed by atoms with Gasteiger partial charge in [0.2, 0.25) is 0 Å². The summed E-state index contributed by atoms with van der Waals surface area (Å²) in [7, 11) is 0. The molecule has 3 fully saturated rings. The van der Waals surface area contributed by atoms with Gasteiger partial charge >= 0.3 is 6.09 Å². The molecule has 1 saturated carbocycles. The second-order valence-corrected chi connectivity index (χ2v) is 9.79. The molecular formula is C23H31F2NO4. The van der Waals surface area contributed by atoms with Gasteiger partial charge in [-0.2, -0.15) is 0 Å². The van der Waals surface area contributed by atoms with E-state index in [0.29, 0.717) is 19.8 Å². The Morgan fingerprint density at radius 2 is 1.50 bits per heavy atom. The molecule has 1 aromatic carbocycles. The van der Waals surface area contributed by atoms with Crippen molar-refractivity contribution < 1.29 is 27.8 Å². The average Bonchev–Trinajstić information content (AvgIpc) is 2.72. The summed E-state index contributed by atoms with van der Waals surface area (Å²) in [6.07, 6.45) is 0.817. The Balaban J connectivity index is 1.36. The molecule has 7 heteroatoms. The van der Waals surface area contributed by atoms with Crippen LogP contribution < -0.4 is 0 Å². The molecule has 0 radical (unpaired) electrons. The van der Waals surface area contributed by atoms with Crippen LogP contribution in [0.4, 0.5) is 13.6 Å². The first-order valence-corrected chi connectivity index (χ1v) is 10.8. The van der Waals surface area contributed by atoms with Gasteiger partial charge in [-0.05, 0) is 25.3 Å². The Bertz CT molecular complexity index is 760. The number of benzene rings is 1. The molecule has 1 atom stereocenters. The summed E-state index contributed by atoms with van der Waals surface area (Å²) < 4.78 is 43.7. The lowest BCUT2D eigenvalue weighted by Crippen LogP contribution is -2.56. The van der Waals surface area contributed by atoms with Crippen LogP contribution in [0.3, 0.4) is 0 Å². The number of nitrogens with zero attached hydrogens (tertiary/aromatic N) is 1. The molecule has 166 valence electrons. The number of halogens is 2. The van der Waals surface area contributed by atoms with E-state index < -0.39 is 17.8 Å². The number of carbonyl (C=O) groups excluding carboxylic acids is 1. The van der Waals surface area contributed by atoms with E-state index in [-0.39, 0.29) is 23.1 Å². The summed E-state index contributed by atoms with van der Waals surface area (Å²) in [4.78, 5) is 14.5. The largest absolute Gasteiger partial charge is 0.443 e. The van der Waals surface area contributed by atoms with Crippen molar-refractivity contribution in [2.45, 2.75) is 76.7 Å².